The summed E-state index contributed by atoms with van der Waals surface area (Å²) in [7, 11) is 0. The molecule has 0 aliphatic carbocycles. The van der Waals surface area contributed by atoms with Gasteiger partial charge in [-0.1, -0.05) is 0 Å². The van der Waals surface area contributed by atoms with E-state index in [1.54, 1.807) is 16.8 Å². The fraction of sp³-hybridized carbons (Fsp3) is 0. The lowest BCUT2D eigenvalue weighted by Crippen LogP contribution is -2.01. The molecule has 0 bridgehead atoms. The maximum atomic E-state index is 10.5. The van der Waals surface area contributed by atoms with Crippen molar-refractivity contribution in [1.82, 2.24) is 14.4 Å². The van der Waals surface area contributed by atoms with E-state index in [2.05, 4.69) is 9.97 Å². The van der Waals surface area contributed by atoms with Gasteiger partial charge in [0.15, 0.2) is 11.3 Å². The molecule has 0 aliphatic heterocycles. The molecular weight excluding hydrogens is 158 g/mol. The van der Waals surface area contributed by atoms with Gasteiger partial charge in [-0.05, 0) is 0 Å². The standard InChI is InChI=1S/C7H5N3O2/c11-7(12)5-4-10-2-1-8-6(10)3-9-5/h1-4H,(H,11,12). The Hall–Kier alpha value is -1.91. The lowest BCUT2D eigenvalue weighted by atomic mass is 10.4. The third-order valence-corrected chi connectivity index (χ3v) is 1.50. The number of hydrogen-bond acceptors (Lipinski definition) is 3. The number of nitrogens with zero attached hydrogens (tertiary/aromatic N) is 3. The minimum atomic E-state index is -1.04. The quantitative estimate of drug-likeness (QED) is 0.661. The van der Waals surface area contributed by atoms with Gasteiger partial charge in [-0.3, -0.25) is 0 Å². The number of aromatic carboxylic acids is 1. The highest BCUT2D eigenvalue weighted by Crippen LogP contribution is 2.00. The molecule has 5 nitrogen and oxygen atoms in total. The molecule has 0 unspecified atom stereocenters. The summed E-state index contributed by atoms with van der Waals surface area (Å²) in [5.74, 6) is -1.04. The molecule has 2 aromatic heterocycles. The van der Waals surface area contributed by atoms with Crippen molar-refractivity contribution in [3.05, 3.63) is 30.5 Å². The fourth-order valence-electron chi connectivity index (χ4n) is 0.937. The molecule has 2 rings (SSSR count). The number of hydrogen-bond donors (Lipinski definition) is 1. The van der Waals surface area contributed by atoms with Crippen LogP contribution in [-0.4, -0.2) is 25.4 Å². The smallest absolute Gasteiger partial charge is 0.356 e. The largest absolute Gasteiger partial charge is 0.476 e. The van der Waals surface area contributed by atoms with E-state index in [0.717, 1.165) is 0 Å². The van der Waals surface area contributed by atoms with E-state index in [1.807, 2.05) is 0 Å². The van der Waals surface area contributed by atoms with Crippen molar-refractivity contribution in [3.63, 3.8) is 0 Å². The van der Waals surface area contributed by atoms with Crippen LogP contribution in [0.5, 0.6) is 0 Å². The molecule has 1 N–H and O–H groups in total. The summed E-state index contributed by atoms with van der Waals surface area (Å²) in [5, 5.41) is 8.59. The molecule has 0 radical (unpaired) electrons. The summed E-state index contributed by atoms with van der Waals surface area (Å²) in [5.41, 5.74) is 0.653. The van der Waals surface area contributed by atoms with Gasteiger partial charge in [0.1, 0.15) is 0 Å². The van der Waals surface area contributed by atoms with Crippen LogP contribution in [0, 0.1) is 0 Å². The first-order chi connectivity index (χ1) is 5.77. The number of carboxylic acids is 1. The Kier molecular flexibility index (Phi) is 1.30. The molecule has 0 amide bonds. The monoisotopic (exact) mass is 163 g/mol. The van der Waals surface area contributed by atoms with Crippen molar-refractivity contribution >= 4 is 11.6 Å². The summed E-state index contributed by atoms with van der Waals surface area (Å²) in [6, 6.07) is 0. The van der Waals surface area contributed by atoms with Crippen molar-refractivity contribution in [2.75, 3.05) is 0 Å². The molecule has 5 heteroatoms. The van der Waals surface area contributed by atoms with Crippen molar-refractivity contribution < 1.29 is 9.90 Å². The Labute approximate surface area is 67.3 Å². The first-order valence-electron chi connectivity index (χ1n) is 3.29. The molecule has 2 heterocycles. The second-order valence-corrected chi connectivity index (χ2v) is 2.27. The summed E-state index contributed by atoms with van der Waals surface area (Å²) in [6.45, 7) is 0. The Morgan fingerprint density at radius 3 is 3.08 bits per heavy atom. The predicted octanol–water partition coefficient (Wildman–Crippen LogP) is 0.427. The first kappa shape index (κ1) is 6.78. The minimum absolute atomic E-state index is 0.0144. The van der Waals surface area contributed by atoms with Gasteiger partial charge in [0, 0.05) is 18.6 Å². The lowest BCUT2D eigenvalue weighted by molar-refractivity contribution is 0.0690. The highest BCUT2D eigenvalue weighted by Gasteiger charge is 2.04. The van der Waals surface area contributed by atoms with E-state index in [9.17, 15) is 4.79 Å². The van der Waals surface area contributed by atoms with Crippen LogP contribution in [0.3, 0.4) is 0 Å². The molecule has 12 heavy (non-hydrogen) atoms. The molecule has 0 saturated heterocycles. The van der Waals surface area contributed by atoms with Gasteiger partial charge in [0.05, 0.1) is 6.20 Å². The second kappa shape index (κ2) is 2.30. The van der Waals surface area contributed by atoms with E-state index in [0.29, 0.717) is 5.65 Å². The van der Waals surface area contributed by atoms with Crippen molar-refractivity contribution in [2.45, 2.75) is 0 Å². The summed E-state index contributed by atoms with van der Waals surface area (Å²) < 4.78 is 1.61. The van der Waals surface area contributed by atoms with E-state index in [-0.39, 0.29) is 5.69 Å². The van der Waals surface area contributed by atoms with E-state index in [4.69, 9.17) is 5.11 Å². The van der Waals surface area contributed by atoms with Gasteiger partial charge in [-0.2, -0.15) is 0 Å². The first-order valence-corrected chi connectivity index (χ1v) is 3.29. The number of rotatable bonds is 1. The number of carboxylic acid groups (broad SMARTS) is 1. The van der Waals surface area contributed by atoms with Gasteiger partial charge >= 0.3 is 5.97 Å². The number of aromatic nitrogens is 3. The van der Waals surface area contributed by atoms with Crippen LogP contribution >= 0.6 is 0 Å². The fourth-order valence-corrected chi connectivity index (χ4v) is 0.937. The van der Waals surface area contributed by atoms with Crippen molar-refractivity contribution in [2.24, 2.45) is 0 Å². The highest BCUT2D eigenvalue weighted by molar-refractivity contribution is 5.85. The van der Waals surface area contributed by atoms with Crippen molar-refractivity contribution in [3.8, 4) is 0 Å². The average molecular weight is 163 g/mol. The predicted molar refractivity (Wildman–Crippen MR) is 39.9 cm³/mol. The number of fused-ring (bicyclic) bond motifs is 1. The SMILES string of the molecule is O=C(O)c1cn2ccnc2cn1. The summed E-state index contributed by atoms with van der Waals surface area (Å²) in [4.78, 5) is 18.1. The average Bonchev–Trinajstić information content (AvgIpc) is 2.49. The van der Waals surface area contributed by atoms with Gasteiger partial charge in [-0.25, -0.2) is 14.8 Å². The Morgan fingerprint density at radius 2 is 2.33 bits per heavy atom. The third-order valence-electron chi connectivity index (χ3n) is 1.50. The molecule has 0 aliphatic rings. The van der Waals surface area contributed by atoms with Gasteiger partial charge < -0.3 is 9.51 Å². The maximum Gasteiger partial charge on any atom is 0.356 e. The van der Waals surface area contributed by atoms with Crippen LogP contribution < -0.4 is 0 Å². The summed E-state index contributed by atoms with van der Waals surface area (Å²) >= 11 is 0. The third kappa shape index (κ3) is 0.914. The molecule has 0 saturated carbocycles. The second-order valence-electron chi connectivity index (χ2n) is 2.27. The summed E-state index contributed by atoms with van der Waals surface area (Å²) in [6.07, 6.45) is 6.10. The molecule has 0 aromatic carbocycles. The van der Waals surface area contributed by atoms with Crippen LogP contribution in [0.2, 0.25) is 0 Å². The molecule has 0 atom stereocenters. The zero-order chi connectivity index (χ0) is 8.55. The van der Waals surface area contributed by atoms with E-state index >= 15 is 0 Å². The topological polar surface area (TPSA) is 67.5 Å². The zero-order valence-electron chi connectivity index (χ0n) is 6.01. The van der Waals surface area contributed by atoms with Gasteiger partial charge in [0.25, 0.3) is 0 Å². The normalized spacial score (nSPS) is 10.3. The van der Waals surface area contributed by atoms with Crippen LogP contribution in [0.1, 0.15) is 10.5 Å². The Morgan fingerprint density at radius 1 is 1.50 bits per heavy atom. The van der Waals surface area contributed by atoms with Crippen molar-refractivity contribution in [1.29, 1.82) is 0 Å². The number of carbonyl (C=O) groups is 1. The van der Waals surface area contributed by atoms with E-state index in [1.165, 1.54) is 12.4 Å². The molecule has 60 valence electrons. The minimum Gasteiger partial charge on any atom is -0.476 e. The maximum absolute atomic E-state index is 10.5. The zero-order valence-corrected chi connectivity index (χ0v) is 6.01. The molecule has 0 fully saturated rings. The van der Waals surface area contributed by atoms with Crippen LogP contribution in [0.4, 0.5) is 0 Å². The van der Waals surface area contributed by atoms with Gasteiger partial charge in [-0.15, -0.1) is 0 Å². The lowest BCUT2D eigenvalue weighted by Gasteiger charge is -1.94. The van der Waals surface area contributed by atoms with Gasteiger partial charge in [0.2, 0.25) is 0 Å². The van der Waals surface area contributed by atoms with Crippen LogP contribution in [0.15, 0.2) is 24.8 Å². The molecule has 0 spiro atoms. The Bertz CT molecular complexity index is 435. The highest BCUT2D eigenvalue weighted by atomic mass is 16.4. The van der Waals surface area contributed by atoms with Crippen LogP contribution in [0.25, 0.3) is 5.65 Å². The molecule has 2 aromatic rings. The Balaban J connectivity index is 2.68. The van der Waals surface area contributed by atoms with E-state index < -0.39 is 5.97 Å². The number of imidazole rings is 1. The molecular formula is C7H5N3O2. The van der Waals surface area contributed by atoms with Crippen LogP contribution in [-0.2, 0) is 0 Å².